The van der Waals surface area contributed by atoms with E-state index in [1.165, 1.54) is 19.2 Å². The summed E-state index contributed by atoms with van der Waals surface area (Å²) in [4.78, 5) is 0. The summed E-state index contributed by atoms with van der Waals surface area (Å²) in [5.74, 6) is -18.8. The van der Waals surface area contributed by atoms with Gasteiger partial charge in [0.15, 0.2) is 11.5 Å². The van der Waals surface area contributed by atoms with E-state index in [4.69, 9.17) is 47.0 Å². The average molecular weight is 1240 g/mol. The summed E-state index contributed by atoms with van der Waals surface area (Å²) in [5.41, 5.74) is -3.95. The first-order valence-electron chi connectivity index (χ1n) is 20.7. The highest BCUT2D eigenvalue weighted by Crippen LogP contribution is 2.54. The molecule has 0 radical (unpaired) electrons. The summed E-state index contributed by atoms with van der Waals surface area (Å²) >= 11 is 0. The summed E-state index contributed by atoms with van der Waals surface area (Å²) in [5, 5.41) is -5.99. The molecule has 0 spiro atoms. The molecular formula is C40H46F12O22S4. The van der Waals surface area contributed by atoms with E-state index >= 15 is 8.78 Å². The predicted molar refractivity (Wildman–Crippen MR) is 237 cm³/mol. The Bertz CT molecular complexity index is 3060. The van der Waals surface area contributed by atoms with Gasteiger partial charge >= 0.3 is 73.3 Å². The molecule has 78 heavy (non-hydrogen) atoms. The Morgan fingerprint density at radius 3 is 1.04 bits per heavy atom. The molecule has 0 saturated carbocycles. The van der Waals surface area contributed by atoms with Gasteiger partial charge in [0.05, 0.1) is 66.1 Å². The van der Waals surface area contributed by atoms with Crippen molar-refractivity contribution in [3.05, 3.63) is 68.8 Å². The van der Waals surface area contributed by atoms with Crippen LogP contribution in [0.5, 0.6) is 23.0 Å². The largest absolute Gasteiger partial charge is 0.507 e. The second-order valence-electron chi connectivity index (χ2n) is 15.8. The number of methoxy groups -OCH3 is 6. The normalized spacial score (nSPS) is 13.8. The van der Waals surface area contributed by atoms with Crippen LogP contribution in [0.25, 0.3) is 11.1 Å². The fraction of sp³-hybridized carbons (Fsp3) is 0.550. The fourth-order valence-corrected chi connectivity index (χ4v) is 9.69. The van der Waals surface area contributed by atoms with Gasteiger partial charge in [-0.15, -0.1) is 0 Å². The van der Waals surface area contributed by atoms with Gasteiger partial charge in [0.2, 0.25) is 0 Å². The van der Waals surface area contributed by atoms with Crippen LogP contribution in [0.1, 0.15) is 44.5 Å². The van der Waals surface area contributed by atoms with Crippen LogP contribution in [-0.2, 0) is 131 Å². The maximum atomic E-state index is 15.0. The van der Waals surface area contributed by atoms with Crippen molar-refractivity contribution in [2.45, 2.75) is 85.7 Å². The van der Waals surface area contributed by atoms with Gasteiger partial charge in [-0.05, 0) is 35.4 Å². The molecule has 0 saturated heterocycles. The number of alkyl halides is 12. The summed E-state index contributed by atoms with van der Waals surface area (Å²) in [6.45, 7) is -7.14. The lowest BCUT2D eigenvalue weighted by Crippen LogP contribution is -2.61. The van der Waals surface area contributed by atoms with Crippen molar-refractivity contribution in [1.82, 2.24) is 0 Å². The maximum absolute atomic E-state index is 15.0. The van der Waals surface area contributed by atoms with E-state index < -0.39 is 189 Å². The van der Waals surface area contributed by atoms with Crippen LogP contribution in [0.4, 0.5) is 52.7 Å². The van der Waals surface area contributed by atoms with Crippen LogP contribution >= 0.6 is 0 Å². The number of hydrogen-bond acceptors (Lipinski definition) is 20. The van der Waals surface area contributed by atoms with E-state index in [2.05, 4.69) is 8.37 Å². The van der Waals surface area contributed by atoms with E-state index in [-0.39, 0.29) is 28.9 Å². The molecule has 0 unspecified atom stereocenters. The lowest BCUT2D eigenvalue weighted by atomic mass is 9.95. The fourth-order valence-electron chi connectivity index (χ4n) is 6.70. The first kappa shape index (κ1) is 67.7. The summed E-state index contributed by atoms with van der Waals surface area (Å²) in [6, 6.07) is 4.40. The van der Waals surface area contributed by atoms with Crippen molar-refractivity contribution in [2.75, 3.05) is 55.9 Å². The molecule has 0 atom stereocenters. The van der Waals surface area contributed by atoms with Gasteiger partial charge in [-0.25, -0.2) is 0 Å². The van der Waals surface area contributed by atoms with Crippen molar-refractivity contribution < 1.29 is 152 Å². The Labute approximate surface area is 435 Å². The molecule has 0 bridgehead atoms. The van der Waals surface area contributed by atoms with Crippen LogP contribution in [-0.4, -0.2) is 142 Å². The second-order valence-corrected chi connectivity index (χ2v) is 21.9. The molecule has 0 aliphatic carbocycles. The molecule has 0 heterocycles. The summed E-state index contributed by atoms with van der Waals surface area (Å²) in [7, 11) is -23.7. The van der Waals surface area contributed by atoms with Gasteiger partial charge < -0.3 is 56.5 Å². The molecule has 3 aromatic carbocycles. The van der Waals surface area contributed by atoms with E-state index in [9.17, 15) is 87.8 Å². The highest BCUT2D eigenvalue weighted by atomic mass is 32.2. The standard InChI is InChI=1S/C40H46F12O22S4/c1-65-13-23-9-21(22-11-25(14-66-2)33(26(12-22)15-67-3)73-77(61,62)39(49,50)35(41,42)37(45,46)75(55,56)57)10-24(31(23)53)16-71-7-8-72-20-28-30(19-70-6)34(29(18-69-5)27(17-68-4)32(28)54)74-78(63,64)40(51,52)36(43,44)38(47,48)76(58,59)60/h9-12,53-54H,7-8,13-20H2,1-6H3,(H,55,56,57)(H,58,59,60). The molecule has 446 valence electrons. The van der Waals surface area contributed by atoms with E-state index in [0.29, 0.717) is 0 Å². The minimum Gasteiger partial charge on any atom is -0.507 e. The molecule has 0 aliphatic rings. The number of benzene rings is 3. The maximum Gasteiger partial charge on any atom is 0.450 e. The van der Waals surface area contributed by atoms with Crippen molar-refractivity contribution in [3.8, 4) is 34.1 Å². The van der Waals surface area contributed by atoms with E-state index in [1.54, 1.807) is 0 Å². The van der Waals surface area contributed by atoms with Gasteiger partial charge in [-0.3, -0.25) is 9.11 Å². The molecule has 22 nitrogen and oxygen atoms in total. The van der Waals surface area contributed by atoms with Gasteiger partial charge in [0, 0.05) is 87.2 Å². The first-order valence-corrected chi connectivity index (χ1v) is 26.4. The molecule has 3 rings (SSSR count). The third-order valence-electron chi connectivity index (χ3n) is 10.5. The van der Waals surface area contributed by atoms with Gasteiger partial charge in [0.25, 0.3) is 0 Å². The zero-order valence-corrected chi connectivity index (χ0v) is 44.0. The number of phenols is 2. The Kier molecular flexibility index (Phi) is 21.7. The SMILES string of the molecule is COCc1cc(-c2cc(COC)c(OS(=O)(=O)C(F)(F)C(F)(F)C(F)(F)S(=O)(=O)O)c(COC)c2)cc(COCCOCc2c(O)c(COC)c(COC)c(OS(=O)(=O)C(F)(F)C(F)(F)C(F)(F)S(=O)(=O)O)c2COC)c1O. The molecule has 0 aliphatic heterocycles. The average Bonchev–Trinajstić information content (AvgIpc) is 3.31. The highest BCUT2D eigenvalue weighted by molar-refractivity contribution is 7.89. The van der Waals surface area contributed by atoms with Crippen molar-refractivity contribution in [3.63, 3.8) is 0 Å². The van der Waals surface area contributed by atoms with E-state index in [1.807, 2.05) is 0 Å². The Morgan fingerprint density at radius 1 is 0.385 bits per heavy atom. The zero-order chi connectivity index (χ0) is 60.1. The van der Waals surface area contributed by atoms with Gasteiger partial charge in [-0.2, -0.15) is 86.4 Å². The third-order valence-corrected chi connectivity index (χ3v) is 14.8. The molecular weight excluding hydrogens is 1190 g/mol. The van der Waals surface area contributed by atoms with Crippen molar-refractivity contribution >= 4 is 40.5 Å². The Morgan fingerprint density at radius 2 is 0.679 bits per heavy atom. The lowest BCUT2D eigenvalue weighted by Gasteiger charge is -2.30. The first-order chi connectivity index (χ1) is 35.6. The molecule has 3 aromatic rings. The monoisotopic (exact) mass is 1230 g/mol. The topological polar surface area (TPSA) is 310 Å². The number of ether oxygens (including phenoxy) is 8. The lowest BCUT2D eigenvalue weighted by molar-refractivity contribution is -0.247. The van der Waals surface area contributed by atoms with Crippen molar-refractivity contribution in [1.29, 1.82) is 0 Å². The van der Waals surface area contributed by atoms with Crippen LogP contribution in [0, 0.1) is 0 Å². The third kappa shape index (κ3) is 13.1. The smallest absolute Gasteiger partial charge is 0.450 e. The highest BCUT2D eigenvalue weighted by Gasteiger charge is 2.84. The molecule has 38 heteroatoms. The molecule has 0 aromatic heterocycles. The Balaban J connectivity index is 2.07. The summed E-state index contributed by atoms with van der Waals surface area (Å²) in [6.07, 6.45) is 0. The quantitative estimate of drug-likeness (QED) is 0.0234. The van der Waals surface area contributed by atoms with Gasteiger partial charge in [-0.1, -0.05) is 0 Å². The number of rotatable bonds is 32. The van der Waals surface area contributed by atoms with Gasteiger partial charge in [0.1, 0.15) is 11.5 Å². The number of aromatic hydroxyl groups is 2. The number of hydrogen-bond donors (Lipinski definition) is 4. The van der Waals surface area contributed by atoms with Crippen LogP contribution < -0.4 is 8.37 Å². The summed E-state index contributed by atoms with van der Waals surface area (Å²) < 4.78 is 336. The number of halogens is 12. The number of phenolic OH excluding ortho intramolecular Hbond substituents is 2. The minimum atomic E-state index is -7.47. The minimum absolute atomic E-state index is 0.00503. The van der Waals surface area contributed by atoms with E-state index in [0.717, 1.165) is 47.7 Å². The van der Waals surface area contributed by atoms with Crippen molar-refractivity contribution in [2.24, 2.45) is 0 Å². The zero-order valence-electron chi connectivity index (χ0n) is 40.7. The predicted octanol–water partition coefficient (Wildman–Crippen LogP) is 6.21. The molecule has 4 N–H and O–H groups in total. The Hall–Kier alpha value is -4.58. The van der Waals surface area contributed by atoms with Crippen LogP contribution in [0.2, 0.25) is 0 Å². The molecule has 0 amide bonds. The van der Waals surface area contributed by atoms with Crippen LogP contribution in [0.3, 0.4) is 0 Å². The second kappa shape index (κ2) is 25.1. The van der Waals surface area contributed by atoms with Crippen LogP contribution in [0.15, 0.2) is 24.3 Å². The molecule has 0 fully saturated rings.